The van der Waals surface area contributed by atoms with E-state index in [2.05, 4.69) is 12.1 Å². The van der Waals surface area contributed by atoms with Crippen LogP contribution in [-0.2, 0) is 22.6 Å². The lowest BCUT2D eigenvalue weighted by Crippen LogP contribution is -2.39. The van der Waals surface area contributed by atoms with Crippen LogP contribution in [0.3, 0.4) is 0 Å². The quantitative estimate of drug-likeness (QED) is 0.772. The fourth-order valence-electron chi connectivity index (χ4n) is 2.35. The molecule has 2 aromatic rings. The van der Waals surface area contributed by atoms with E-state index in [0.717, 1.165) is 12.0 Å². The number of carbonyl (C=O) groups is 1. The summed E-state index contributed by atoms with van der Waals surface area (Å²) >= 11 is 0. The van der Waals surface area contributed by atoms with Crippen LogP contribution in [0.25, 0.3) is 0 Å². The summed E-state index contributed by atoms with van der Waals surface area (Å²) in [5.41, 5.74) is 7.90. The molecule has 0 aromatic heterocycles. The highest BCUT2D eigenvalue weighted by Gasteiger charge is 2.12. The van der Waals surface area contributed by atoms with Crippen molar-refractivity contribution in [2.24, 2.45) is 5.73 Å². The molecule has 122 valence electrons. The highest BCUT2D eigenvalue weighted by molar-refractivity contribution is 5.77. The van der Waals surface area contributed by atoms with Gasteiger partial charge in [-0.25, -0.2) is 0 Å². The van der Waals surface area contributed by atoms with Crippen LogP contribution in [0, 0.1) is 0 Å². The van der Waals surface area contributed by atoms with Crippen molar-refractivity contribution in [2.45, 2.75) is 13.0 Å². The van der Waals surface area contributed by atoms with Gasteiger partial charge in [0, 0.05) is 19.6 Å². The normalized spacial score (nSPS) is 10.5. The van der Waals surface area contributed by atoms with Crippen molar-refractivity contribution in [3.8, 4) is 0 Å². The van der Waals surface area contributed by atoms with Crippen LogP contribution in [0.2, 0.25) is 0 Å². The van der Waals surface area contributed by atoms with Crippen molar-refractivity contribution in [1.82, 2.24) is 4.90 Å². The summed E-state index contributed by atoms with van der Waals surface area (Å²) < 4.78 is 5.53. The van der Waals surface area contributed by atoms with E-state index in [9.17, 15) is 4.79 Å². The molecule has 0 aliphatic rings. The maximum Gasteiger partial charge on any atom is 0.248 e. The van der Waals surface area contributed by atoms with Crippen LogP contribution in [-0.4, -0.2) is 37.0 Å². The molecule has 0 saturated carbocycles. The van der Waals surface area contributed by atoms with Gasteiger partial charge in [-0.15, -0.1) is 0 Å². The standard InChI is InChI=1S/C19H24N2O2/c20-12-14-21(13-11-17-7-3-1-4-8-17)19(22)16-23-15-18-9-5-2-6-10-18/h1-10H,11-16,20H2. The molecule has 0 fully saturated rings. The molecule has 2 rings (SSSR count). The van der Waals surface area contributed by atoms with Gasteiger partial charge in [-0.3, -0.25) is 4.79 Å². The number of nitrogens with zero attached hydrogens (tertiary/aromatic N) is 1. The van der Waals surface area contributed by atoms with Crippen LogP contribution < -0.4 is 5.73 Å². The minimum Gasteiger partial charge on any atom is -0.367 e. The Labute approximate surface area is 137 Å². The van der Waals surface area contributed by atoms with E-state index in [4.69, 9.17) is 10.5 Å². The smallest absolute Gasteiger partial charge is 0.248 e. The Morgan fingerprint density at radius 2 is 1.52 bits per heavy atom. The fraction of sp³-hybridized carbons (Fsp3) is 0.316. The molecule has 0 saturated heterocycles. The molecule has 0 heterocycles. The molecular weight excluding hydrogens is 288 g/mol. The number of ether oxygens (including phenoxy) is 1. The summed E-state index contributed by atoms with van der Waals surface area (Å²) in [6.07, 6.45) is 0.825. The minimum absolute atomic E-state index is 0.0117. The number of nitrogens with two attached hydrogens (primary N) is 1. The molecule has 0 unspecified atom stereocenters. The third-order valence-electron chi connectivity index (χ3n) is 3.60. The monoisotopic (exact) mass is 312 g/mol. The molecule has 4 heteroatoms. The van der Waals surface area contributed by atoms with E-state index in [1.165, 1.54) is 5.56 Å². The molecule has 2 N–H and O–H groups in total. The minimum atomic E-state index is -0.0117. The number of carbonyl (C=O) groups excluding carboxylic acids is 1. The van der Waals surface area contributed by atoms with Crippen molar-refractivity contribution in [2.75, 3.05) is 26.2 Å². The van der Waals surface area contributed by atoms with Gasteiger partial charge >= 0.3 is 0 Å². The molecule has 1 amide bonds. The predicted molar refractivity (Wildman–Crippen MR) is 91.9 cm³/mol. The molecule has 0 atom stereocenters. The molecule has 0 aliphatic carbocycles. The molecule has 2 aromatic carbocycles. The van der Waals surface area contributed by atoms with Crippen molar-refractivity contribution < 1.29 is 9.53 Å². The third-order valence-corrected chi connectivity index (χ3v) is 3.60. The summed E-state index contributed by atoms with van der Waals surface area (Å²) in [6, 6.07) is 20.0. The summed E-state index contributed by atoms with van der Waals surface area (Å²) in [7, 11) is 0. The average Bonchev–Trinajstić information content (AvgIpc) is 2.60. The van der Waals surface area contributed by atoms with E-state index in [1.54, 1.807) is 4.90 Å². The zero-order valence-electron chi connectivity index (χ0n) is 13.4. The molecule has 0 bridgehead atoms. The van der Waals surface area contributed by atoms with Crippen molar-refractivity contribution in [1.29, 1.82) is 0 Å². The van der Waals surface area contributed by atoms with E-state index >= 15 is 0 Å². The molecule has 0 radical (unpaired) electrons. The van der Waals surface area contributed by atoms with Crippen molar-refractivity contribution >= 4 is 5.91 Å². The lowest BCUT2D eigenvalue weighted by molar-refractivity contribution is -0.136. The van der Waals surface area contributed by atoms with E-state index in [1.807, 2.05) is 48.5 Å². The van der Waals surface area contributed by atoms with E-state index in [-0.39, 0.29) is 12.5 Å². The van der Waals surface area contributed by atoms with Crippen molar-refractivity contribution in [3.05, 3.63) is 71.8 Å². The molecular formula is C19H24N2O2. The first-order valence-electron chi connectivity index (χ1n) is 7.93. The number of rotatable bonds is 9. The summed E-state index contributed by atoms with van der Waals surface area (Å²) in [6.45, 7) is 2.21. The number of hydrogen-bond acceptors (Lipinski definition) is 3. The highest BCUT2D eigenvalue weighted by Crippen LogP contribution is 2.04. The summed E-state index contributed by atoms with van der Waals surface area (Å²) in [5.74, 6) is -0.0117. The summed E-state index contributed by atoms with van der Waals surface area (Å²) in [5, 5.41) is 0. The Morgan fingerprint density at radius 3 is 2.13 bits per heavy atom. The van der Waals surface area contributed by atoms with Gasteiger partial charge in [-0.1, -0.05) is 60.7 Å². The lowest BCUT2D eigenvalue weighted by atomic mass is 10.1. The number of hydrogen-bond donors (Lipinski definition) is 1. The van der Waals surface area contributed by atoms with Gasteiger partial charge < -0.3 is 15.4 Å². The zero-order chi connectivity index (χ0) is 16.3. The Bertz CT molecular complexity index is 572. The second-order valence-corrected chi connectivity index (χ2v) is 5.38. The Morgan fingerprint density at radius 1 is 0.913 bits per heavy atom. The first-order chi connectivity index (χ1) is 11.3. The van der Waals surface area contributed by atoms with Crippen LogP contribution >= 0.6 is 0 Å². The molecule has 4 nitrogen and oxygen atoms in total. The first-order valence-corrected chi connectivity index (χ1v) is 7.93. The Kier molecular flexibility index (Phi) is 7.30. The zero-order valence-corrected chi connectivity index (χ0v) is 13.4. The first kappa shape index (κ1) is 17.2. The van der Waals surface area contributed by atoms with Gasteiger partial charge in [0.2, 0.25) is 5.91 Å². The second-order valence-electron chi connectivity index (χ2n) is 5.38. The van der Waals surface area contributed by atoms with Gasteiger partial charge in [0.15, 0.2) is 0 Å². The van der Waals surface area contributed by atoms with Gasteiger partial charge in [-0.2, -0.15) is 0 Å². The van der Waals surface area contributed by atoms with Crippen LogP contribution in [0.1, 0.15) is 11.1 Å². The Balaban J connectivity index is 1.78. The maximum atomic E-state index is 12.3. The molecule has 23 heavy (non-hydrogen) atoms. The molecule has 0 aliphatic heterocycles. The maximum absolute atomic E-state index is 12.3. The van der Waals surface area contributed by atoms with E-state index < -0.39 is 0 Å². The lowest BCUT2D eigenvalue weighted by Gasteiger charge is -2.22. The highest BCUT2D eigenvalue weighted by atomic mass is 16.5. The van der Waals surface area contributed by atoms with Crippen LogP contribution in [0.15, 0.2) is 60.7 Å². The SMILES string of the molecule is NCCN(CCc1ccccc1)C(=O)COCc1ccccc1. The van der Waals surface area contributed by atoms with Gasteiger partial charge in [0.25, 0.3) is 0 Å². The van der Waals surface area contributed by atoms with E-state index in [0.29, 0.717) is 26.2 Å². The second kappa shape index (κ2) is 9.77. The number of benzene rings is 2. The predicted octanol–water partition coefficient (Wildman–Crippen LogP) is 2.23. The fourth-order valence-corrected chi connectivity index (χ4v) is 2.35. The third kappa shape index (κ3) is 6.22. The van der Waals surface area contributed by atoms with Crippen LogP contribution in [0.4, 0.5) is 0 Å². The van der Waals surface area contributed by atoms with Crippen molar-refractivity contribution in [3.63, 3.8) is 0 Å². The number of amides is 1. The van der Waals surface area contributed by atoms with Gasteiger partial charge in [0.1, 0.15) is 6.61 Å². The Hall–Kier alpha value is -2.17. The van der Waals surface area contributed by atoms with Gasteiger partial charge in [-0.05, 0) is 17.5 Å². The average molecular weight is 312 g/mol. The van der Waals surface area contributed by atoms with Gasteiger partial charge in [0.05, 0.1) is 6.61 Å². The summed E-state index contributed by atoms with van der Waals surface area (Å²) in [4.78, 5) is 14.1. The largest absolute Gasteiger partial charge is 0.367 e. The molecule has 0 spiro atoms. The van der Waals surface area contributed by atoms with Crippen LogP contribution in [0.5, 0.6) is 0 Å². The topological polar surface area (TPSA) is 55.6 Å².